The molecule has 1 fully saturated rings. The van der Waals surface area contributed by atoms with Crippen LogP contribution in [0.2, 0.25) is 5.02 Å². The lowest BCUT2D eigenvalue weighted by atomic mass is 9.59. The highest BCUT2D eigenvalue weighted by atomic mass is 35.5. The van der Waals surface area contributed by atoms with Gasteiger partial charge in [0.1, 0.15) is 17.9 Å². The maximum absolute atomic E-state index is 12.7. The standard InChI is InChI=1S/C34H32ClNO3/c35-27-12-7-13-28(22-27)36-34(32(37)38)18-16-33(17-19-34)30-15-5-4-10-26(30)21-31(33)25-11-6-14-29(20-25)39-23-24-8-2-1-3-9-24/h1-15,20,22,31,36H,16-19,21,23H2,(H,37,38). The topological polar surface area (TPSA) is 58.6 Å². The van der Waals surface area contributed by atoms with Gasteiger partial charge in [0, 0.05) is 16.1 Å². The molecule has 2 N–H and O–H groups in total. The Balaban J connectivity index is 1.29. The molecule has 2 aliphatic rings. The normalized spacial score (nSPS) is 23.8. The zero-order chi connectivity index (χ0) is 26.9. The number of ether oxygens (including phenoxy) is 1. The summed E-state index contributed by atoms with van der Waals surface area (Å²) in [7, 11) is 0. The van der Waals surface area contributed by atoms with Gasteiger partial charge in [-0.3, -0.25) is 0 Å². The summed E-state index contributed by atoms with van der Waals surface area (Å²) in [5.74, 6) is 0.311. The molecule has 2 aliphatic carbocycles. The van der Waals surface area contributed by atoms with Gasteiger partial charge < -0.3 is 15.2 Å². The molecule has 0 saturated heterocycles. The molecule has 0 heterocycles. The molecule has 4 aromatic rings. The van der Waals surface area contributed by atoms with E-state index in [-0.39, 0.29) is 11.3 Å². The molecule has 1 atom stereocenters. The first-order valence-corrected chi connectivity index (χ1v) is 14.0. The number of benzene rings is 4. The molecule has 39 heavy (non-hydrogen) atoms. The fourth-order valence-electron chi connectivity index (χ4n) is 6.76. The highest BCUT2D eigenvalue weighted by molar-refractivity contribution is 6.30. The molecule has 0 radical (unpaired) electrons. The van der Waals surface area contributed by atoms with Crippen LogP contribution in [0.1, 0.15) is 53.9 Å². The van der Waals surface area contributed by atoms with Crippen molar-refractivity contribution in [3.8, 4) is 5.75 Å². The van der Waals surface area contributed by atoms with Crippen LogP contribution in [0.4, 0.5) is 5.69 Å². The summed E-state index contributed by atoms with van der Waals surface area (Å²) in [6.45, 7) is 0.524. The Labute approximate surface area is 234 Å². The largest absolute Gasteiger partial charge is 0.489 e. The lowest BCUT2D eigenvalue weighted by molar-refractivity contribution is -0.144. The summed E-state index contributed by atoms with van der Waals surface area (Å²) in [4.78, 5) is 12.7. The second-order valence-electron chi connectivity index (χ2n) is 10.9. The Morgan fingerprint density at radius 1 is 0.872 bits per heavy atom. The number of fused-ring (bicyclic) bond motifs is 2. The zero-order valence-corrected chi connectivity index (χ0v) is 22.5. The van der Waals surface area contributed by atoms with E-state index in [2.05, 4.69) is 59.9 Å². The third kappa shape index (κ3) is 4.90. The van der Waals surface area contributed by atoms with Crippen molar-refractivity contribution in [1.82, 2.24) is 0 Å². The third-order valence-corrected chi connectivity index (χ3v) is 9.00. The monoisotopic (exact) mass is 537 g/mol. The minimum absolute atomic E-state index is 0.121. The Bertz CT molecular complexity index is 1480. The summed E-state index contributed by atoms with van der Waals surface area (Å²) in [5, 5.41) is 14.4. The molecule has 1 spiro atoms. The number of carboxylic acids is 1. The van der Waals surface area contributed by atoms with Crippen molar-refractivity contribution < 1.29 is 14.6 Å². The number of nitrogens with one attached hydrogen (secondary N) is 1. The van der Waals surface area contributed by atoms with Gasteiger partial charge >= 0.3 is 5.97 Å². The lowest BCUT2D eigenvalue weighted by Crippen LogP contribution is -2.52. The Morgan fingerprint density at radius 2 is 1.62 bits per heavy atom. The van der Waals surface area contributed by atoms with Crippen LogP contribution < -0.4 is 10.1 Å². The van der Waals surface area contributed by atoms with Gasteiger partial charge in [-0.25, -0.2) is 4.79 Å². The first-order valence-electron chi connectivity index (χ1n) is 13.6. The molecule has 1 saturated carbocycles. The van der Waals surface area contributed by atoms with Crippen molar-refractivity contribution >= 4 is 23.3 Å². The van der Waals surface area contributed by atoms with E-state index < -0.39 is 11.5 Å². The van der Waals surface area contributed by atoms with E-state index in [1.54, 1.807) is 12.1 Å². The summed E-state index contributed by atoms with van der Waals surface area (Å²) in [5.41, 5.74) is 4.71. The van der Waals surface area contributed by atoms with Gasteiger partial charge in [0.2, 0.25) is 0 Å². The van der Waals surface area contributed by atoms with Gasteiger partial charge in [-0.1, -0.05) is 84.4 Å². The van der Waals surface area contributed by atoms with Crippen molar-refractivity contribution in [2.75, 3.05) is 5.32 Å². The average molecular weight is 538 g/mol. The van der Waals surface area contributed by atoms with Crippen molar-refractivity contribution in [3.05, 3.63) is 130 Å². The average Bonchev–Trinajstić information content (AvgIpc) is 3.28. The molecule has 0 bridgehead atoms. The number of hydrogen-bond acceptors (Lipinski definition) is 3. The Morgan fingerprint density at radius 3 is 2.38 bits per heavy atom. The van der Waals surface area contributed by atoms with Crippen molar-refractivity contribution in [2.45, 2.75) is 55.6 Å². The number of aliphatic carboxylic acids is 1. The quantitative estimate of drug-likeness (QED) is 0.251. The maximum atomic E-state index is 12.7. The van der Waals surface area contributed by atoms with Gasteiger partial charge in [-0.2, -0.15) is 0 Å². The highest BCUT2D eigenvalue weighted by Gasteiger charge is 2.54. The second-order valence-corrected chi connectivity index (χ2v) is 11.4. The SMILES string of the molecule is O=C(O)C1(Nc2cccc(Cl)c2)CCC2(CC1)c1ccccc1CC2c1cccc(OCc2ccccc2)c1. The van der Waals surface area contributed by atoms with E-state index in [1.807, 2.05) is 36.4 Å². The van der Waals surface area contributed by atoms with Crippen LogP contribution in [0.15, 0.2) is 103 Å². The molecule has 6 rings (SSSR count). The predicted octanol–water partition coefficient (Wildman–Crippen LogP) is 8.01. The summed E-state index contributed by atoms with van der Waals surface area (Å²) in [6, 6.07) is 34.7. The van der Waals surface area contributed by atoms with Gasteiger partial charge in [0.15, 0.2) is 0 Å². The van der Waals surface area contributed by atoms with Crippen LogP contribution in [0.5, 0.6) is 5.75 Å². The zero-order valence-electron chi connectivity index (χ0n) is 21.8. The second kappa shape index (κ2) is 10.4. The molecule has 5 heteroatoms. The number of carboxylic acid groups (broad SMARTS) is 1. The number of carbonyl (C=O) groups is 1. The number of halogens is 1. The molecule has 4 aromatic carbocycles. The first kappa shape index (κ1) is 25.5. The maximum Gasteiger partial charge on any atom is 0.329 e. The van der Waals surface area contributed by atoms with Crippen LogP contribution in [0.3, 0.4) is 0 Å². The molecule has 1 unspecified atom stereocenters. The van der Waals surface area contributed by atoms with Crippen LogP contribution in [-0.4, -0.2) is 16.6 Å². The lowest BCUT2D eigenvalue weighted by Gasteiger charge is -2.47. The van der Waals surface area contributed by atoms with E-state index in [0.29, 0.717) is 24.5 Å². The van der Waals surface area contributed by atoms with Gasteiger partial charge in [0.25, 0.3) is 0 Å². The van der Waals surface area contributed by atoms with Gasteiger partial charge in [-0.15, -0.1) is 0 Å². The van der Waals surface area contributed by atoms with Crippen molar-refractivity contribution in [1.29, 1.82) is 0 Å². The van der Waals surface area contributed by atoms with E-state index in [9.17, 15) is 9.90 Å². The van der Waals surface area contributed by atoms with Crippen LogP contribution >= 0.6 is 11.6 Å². The predicted molar refractivity (Wildman–Crippen MR) is 156 cm³/mol. The summed E-state index contributed by atoms with van der Waals surface area (Å²) >= 11 is 6.20. The van der Waals surface area contributed by atoms with E-state index in [4.69, 9.17) is 16.3 Å². The van der Waals surface area contributed by atoms with E-state index in [0.717, 1.165) is 36.3 Å². The summed E-state index contributed by atoms with van der Waals surface area (Å²) < 4.78 is 6.19. The molecule has 0 amide bonds. The molecule has 198 valence electrons. The van der Waals surface area contributed by atoms with E-state index in [1.165, 1.54) is 16.7 Å². The van der Waals surface area contributed by atoms with Crippen molar-refractivity contribution in [2.24, 2.45) is 0 Å². The van der Waals surface area contributed by atoms with E-state index >= 15 is 0 Å². The summed E-state index contributed by atoms with van der Waals surface area (Å²) in [6.07, 6.45) is 3.57. The third-order valence-electron chi connectivity index (χ3n) is 8.77. The Kier molecular flexibility index (Phi) is 6.82. The molecule has 0 aliphatic heterocycles. The molecular formula is C34H32ClNO3. The molecular weight excluding hydrogens is 506 g/mol. The molecule has 0 aromatic heterocycles. The van der Waals surface area contributed by atoms with Gasteiger partial charge in [0.05, 0.1) is 0 Å². The fourth-order valence-corrected chi connectivity index (χ4v) is 6.95. The van der Waals surface area contributed by atoms with Crippen molar-refractivity contribution in [3.63, 3.8) is 0 Å². The first-order chi connectivity index (χ1) is 19.0. The van der Waals surface area contributed by atoms with Crippen LogP contribution in [0.25, 0.3) is 0 Å². The Hall–Kier alpha value is -3.76. The van der Waals surface area contributed by atoms with Crippen LogP contribution in [-0.2, 0) is 23.2 Å². The molecule has 4 nitrogen and oxygen atoms in total. The smallest absolute Gasteiger partial charge is 0.329 e. The number of hydrogen-bond donors (Lipinski definition) is 2. The fraction of sp³-hybridized carbons (Fsp3) is 0.265. The minimum Gasteiger partial charge on any atom is -0.489 e. The number of anilines is 1. The van der Waals surface area contributed by atoms with Crippen LogP contribution in [0, 0.1) is 0 Å². The highest BCUT2D eigenvalue weighted by Crippen LogP contribution is 2.58. The minimum atomic E-state index is -1.03. The number of rotatable bonds is 7. The van der Waals surface area contributed by atoms with Gasteiger partial charge in [-0.05, 0) is 90.6 Å².